The van der Waals surface area contributed by atoms with E-state index in [9.17, 15) is 8.42 Å². The van der Waals surface area contributed by atoms with Gasteiger partial charge in [-0.15, -0.1) is 43.1 Å². The smallest absolute Gasteiger partial charge is 0.207 e. The Kier molecular flexibility index (Phi) is 13.6. The molecule has 0 saturated carbocycles. The molecule has 67 heavy (non-hydrogen) atoms. The zero-order chi connectivity index (χ0) is 46.1. The minimum absolute atomic E-state index is 0.322. The van der Waals surface area contributed by atoms with Crippen molar-refractivity contribution in [3.63, 3.8) is 0 Å². The van der Waals surface area contributed by atoms with Gasteiger partial charge in [-0.1, -0.05) is 84.2 Å². The third-order valence-corrected chi connectivity index (χ3v) is 18.8. The molecule has 0 radical (unpaired) electrons. The molecule has 0 fully saturated rings. The van der Waals surface area contributed by atoms with Gasteiger partial charge in [0.25, 0.3) is 0 Å². The maximum Gasteiger partial charge on any atom is 0.207 e. The summed E-state index contributed by atoms with van der Waals surface area (Å²) in [5.41, 5.74) is 14.1. The molecule has 0 bridgehead atoms. The van der Waals surface area contributed by atoms with Crippen molar-refractivity contribution in [1.29, 1.82) is 0 Å². The number of thiazole rings is 2. The van der Waals surface area contributed by atoms with Crippen LogP contribution in [0.4, 0.5) is 0 Å². The third kappa shape index (κ3) is 9.56. The van der Waals surface area contributed by atoms with Crippen LogP contribution in [0, 0.1) is 13.8 Å². The van der Waals surface area contributed by atoms with Crippen LogP contribution in [-0.4, -0.2) is 95.4 Å². The second-order valence-corrected chi connectivity index (χ2v) is 22.9. The molecule has 0 aliphatic carbocycles. The predicted molar refractivity (Wildman–Crippen MR) is 272 cm³/mol. The number of sulfone groups is 1. The van der Waals surface area contributed by atoms with Crippen LogP contribution in [0.5, 0.6) is 0 Å². The Bertz CT molecular complexity index is 2970. The van der Waals surface area contributed by atoms with E-state index in [0.717, 1.165) is 142 Å². The van der Waals surface area contributed by atoms with E-state index in [1.165, 1.54) is 22.3 Å². The monoisotopic (exact) mass is 984 g/mol. The van der Waals surface area contributed by atoms with E-state index >= 15 is 0 Å². The van der Waals surface area contributed by atoms with Gasteiger partial charge in [-0.25, -0.2) is 18.4 Å². The number of thioether (sulfide) groups is 2. The summed E-state index contributed by atoms with van der Waals surface area (Å²) in [4.78, 5) is 16.5. The Hall–Kier alpha value is -5.01. The molecule has 0 saturated heterocycles. The molecule has 10 rings (SSSR count). The first-order valence-corrected chi connectivity index (χ1v) is 27.8. The summed E-state index contributed by atoms with van der Waals surface area (Å²) in [6.07, 6.45) is 3.97. The molecule has 0 amide bonds. The van der Waals surface area contributed by atoms with Crippen molar-refractivity contribution < 1.29 is 8.42 Å². The Morgan fingerprint density at radius 2 is 1.03 bits per heavy atom. The van der Waals surface area contributed by atoms with Crippen LogP contribution in [0.1, 0.15) is 46.5 Å². The first-order valence-electron chi connectivity index (χ1n) is 22.6. The lowest BCUT2D eigenvalue weighted by atomic mass is 9.94. The average Bonchev–Trinajstić information content (AvgIpc) is 4.15. The minimum Gasteiger partial charge on any atom is -0.304 e. The van der Waals surface area contributed by atoms with E-state index in [2.05, 4.69) is 85.7 Å². The van der Waals surface area contributed by atoms with Crippen molar-refractivity contribution in [2.45, 2.75) is 72.7 Å². The normalized spacial score (nSPS) is 14.4. The van der Waals surface area contributed by atoms with E-state index in [1.54, 1.807) is 58.3 Å². The number of benzene rings is 4. The van der Waals surface area contributed by atoms with Crippen molar-refractivity contribution in [2.75, 3.05) is 37.7 Å². The lowest BCUT2D eigenvalue weighted by Crippen LogP contribution is -2.31. The quantitative estimate of drug-likeness (QED) is 0.0676. The highest BCUT2D eigenvalue weighted by Crippen LogP contribution is 2.39. The third-order valence-electron chi connectivity index (χ3n) is 12.8. The summed E-state index contributed by atoms with van der Waals surface area (Å²) in [5.74, 6) is 3.61. The zero-order valence-corrected chi connectivity index (χ0v) is 42.1. The average molecular weight is 985 g/mol. The molecule has 4 aromatic heterocycles. The Morgan fingerprint density at radius 3 is 1.46 bits per heavy atom. The van der Waals surface area contributed by atoms with Crippen LogP contribution in [0.15, 0.2) is 116 Å². The maximum absolute atomic E-state index is 15.0. The van der Waals surface area contributed by atoms with Crippen LogP contribution in [0.25, 0.3) is 43.7 Å². The Balaban J connectivity index is 0.795. The molecule has 17 heteroatoms. The molecular formula is C50H52N10O2S5. The van der Waals surface area contributed by atoms with Gasteiger partial charge in [0.2, 0.25) is 9.84 Å². The van der Waals surface area contributed by atoms with Crippen molar-refractivity contribution in [3.05, 3.63) is 130 Å². The van der Waals surface area contributed by atoms with Gasteiger partial charge >= 0.3 is 0 Å². The van der Waals surface area contributed by atoms with Gasteiger partial charge < -0.3 is 9.13 Å². The largest absolute Gasteiger partial charge is 0.304 e. The van der Waals surface area contributed by atoms with E-state index in [4.69, 9.17) is 0 Å². The fourth-order valence-electron chi connectivity index (χ4n) is 9.16. The highest BCUT2D eigenvalue weighted by Gasteiger charge is 2.27. The highest BCUT2D eigenvalue weighted by molar-refractivity contribution is 7.99. The molecule has 2 aliphatic rings. The zero-order valence-electron chi connectivity index (χ0n) is 38.1. The number of rotatable bonds is 16. The summed E-state index contributed by atoms with van der Waals surface area (Å²) in [6, 6.07) is 28.0. The maximum atomic E-state index is 15.0. The predicted octanol–water partition coefficient (Wildman–Crippen LogP) is 10.1. The van der Waals surface area contributed by atoms with E-state index < -0.39 is 9.84 Å². The van der Waals surface area contributed by atoms with E-state index in [1.807, 2.05) is 75.4 Å². The van der Waals surface area contributed by atoms with Crippen molar-refractivity contribution >= 4 is 56.0 Å². The first-order chi connectivity index (χ1) is 32.6. The number of hydrogen-bond donors (Lipinski definition) is 0. The molecular weight excluding hydrogens is 933 g/mol. The van der Waals surface area contributed by atoms with Gasteiger partial charge in [0.1, 0.15) is 0 Å². The van der Waals surface area contributed by atoms with Gasteiger partial charge in [-0.2, -0.15) is 0 Å². The van der Waals surface area contributed by atoms with Crippen molar-refractivity contribution in [1.82, 2.24) is 49.3 Å². The van der Waals surface area contributed by atoms with Crippen molar-refractivity contribution in [3.8, 4) is 43.7 Å². The fraction of sp³-hybridized carbons (Fsp3) is 0.320. The van der Waals surface area contributed by atoms with Gasteiger partial charge in [-0.05, 0) is 110 Å². The van der Waals surface area contributed by atoms with Crippen molar-refractivity contribution in [2.24, 2.45) is 14.1 Å². The summed E-state index contributed by atoms with van der Waals surface area (Å²) in [5, 5.41) is 19.7. The summed E-state index contributed by atoms with van der Waals surface area (Å²) in [7, 11) is 0.119. The summed E-state index contributed by atoms with van der Waals surface area (Å²) >= 11 is 6.66. The SMILES string of the molecule is Cc1ncsc1-c1nnc(SCCCN2CCc3ccc(-c4ccccc4S(=O)(=O)c4ccccc4-c4ccc5c(c4)CN(CCCSc4nnc(-c6scnc6C)n4C)CC5)cc3C2)n1C. The molecule has 6 heterocycles. The number of fused-ring (bicyclic) bond motifs is 2. The fourth-order valence-corrected chi connectivity index (χ4v) is 14.2. The molecule has 8 aromatic rings. The Morgan fingerprint density at radius 1 is 0.582 bits per heavy atom. The molecule has 0 atom stereocenters. The van der Waals surface area contributed by atoms with Crippen LogP contribution < -0.4 is 0 Å². The van der Waals surface area contributed by atoms with Crippen LogP contribution in [-0.2, 0) is 49.9 Å². The lowest BCUT2D eigenvalue weighted by Gasteiger charge is -2.29. The molecule has 4 aromatic carbocycles. The second-order valence-electron chi connectivity index (χ2n) is 17.2. The molecule has 0 N–H and O–H groups in total. The van der Waals surface area contributed by atoms with Gasteiger partial charge in [0, 0.05) is 62.9 Å². The number of nitrogens with zero attached hydrogens (tertiary/aromatic N) is 10. The highest BCUT2D eigenvalue weighted by atomic mass is 32.2. The van der Waals surface area contributed by atoms with E-state index in [0.29, 0.717) is 9.79 Å². The first kappa shape index (κ1) is 45.8. The molecule has 0 spiro atoms. The molecule has 0 unspecified atom stereocenters. The van der Waals surface area contributed by atoms with Gasteiger partial charge in [0.15, 0.2) is 22.0 Å². The standard InChI is InChI=1S/C50H52N10O2S5/c1-33-45(65-31-51-33)47-53-55-49(57(47)3)63-25-9-21-59-23-19-35-15-17-37(27-39(35)29-59)41-11-5-7-13-43(41)67(61,62)44-14-8-6-12-42(44)38-18-16-36-20-24-60(30-40(36)28-38)22-10-26-64-50-56-54-48(58(50)4)46-34(2)52-32-66-46/h5-8,11-18,27-28,31-32H,9-10,19-26,29-30H2,1-4H3. The number of hydrogen-bond acceptors (Lipinski definition) is 14. The number of aryl methyl sites for hydroxylation is 2. The lowest BCUT2D eigenvalue weighted by molar-refractivity contribution is 0.255. The van der Waals surface area contributed by atoms with Gasteiger partial charge in [-0.3, -0.25) is 9.80 Å². The van der Waals surface area contributed by atoms with Gasteiger partial charge in [0.05, 0.1) is 42.0 Å². The molecule has 344 valence electrons. The summed E-state index contributed by atoms with van der Waals surface area (Å²) in [6.45, 7) is 9.60. The van der Waals surface area contributed by atoms with Crippen LogP contribution in [0.2, 0.25) is 0 Å². The van der Waals surface area contributed by atoms with Crippen LogP contribution >= 0.6 is 46.2 Å². The van der Waals surface area contributed by atoms with E-state index in [-0.39, 0.29) is 0 Å². The molecule has 12 nitrogen and oxygen atoms in total. The summed E-state index contributed by atoms with van der Waals surface area (Å²) < 4.78 is 34.0. The second kappa shape index (κ2) is 19.9. The number of aromatic nitrogens is 8. The topological polar surface area (TPSA) is 128 Å². The Labute approximate surface area is 408 Å². The minimum atomic E-state index is -3.92. The molecule has 2 aliphatic heterocycles. The van der Waals surface area contributed by atoms with Crippen LogP contribution in [0.3, 0.4) is 0 Å².